The number of nitrogens with two attached hydrogens (primary N) is 1. The number of piperidine rings is 1. The van der Waals surface area contributed by atoms with Crippen molar-refractivity contribution in [3.05, 3.63) is 29.8 Å². The molecule has 2 rings (SSSR count). The lowest BCUT2D eigenvalue weighted by atomic mass is 10.1. The molecule has 0 aromatic heterocycles. The molecule has 1 amide bonds. The molecule has 1 saturated heterocycles. The second kappa shape index (κ2) is 5.56. The first-order valence-electron chi connectivity index (χ1n) is 5.89. The number of carbonyl (C=O) groups is 1. The molecule has 1 aliphatic rings. The summed E-state index contributed by atoms with van der Waals surface area (Å²) in [7, 11) is 0. The van der Waals surface area contributed by atoms with E-state index < -0.39 is 0 Å². The molecule has 1 aromatic carbocycles. The number of hydrogen-bond acceptors (Lipinski definition) is 3. The minimum Gasteiger partial charge on any atom is -0.337 e. The van der Waals surface area contributed by atoms with Crippen molar-refractivity contribution in [3.8, 4) is 0 Å². The van der Waals surface area contributed by atoms with Crippen molar-refractivity contribution in [2.45, 2.75) is 23.8 Å². The largest absolute Gasteiger partial charge is 0.337 e. The van der Waals surface area contributed by atoms with Gasteiger partial charge in [0.05, 0.1) is 0 Å². The molecule has 0 aliphatic carbocycles. The van der Waals surface area contributed by atoms with Crippen LogP contribution in [0.4, 0.5) is 0 Å². The van der Waals surface area contributed by atoms with E-state index in [2.05, 4.69) is 0 Å². The van der Waals surface area contributed by atoms with E-state index in [9.17, 15) is 4.79 Å². The quantitative estimate of drug-likeness (QED) is 0.816. The number of hydrogen-bond donors (Lipinski definition) is 1. The lowest BCUT2D eigenvalue weighted by Gasteiger charge is -2.30. The van der Waals surface area contributed by atoms with Crippen LogP contribution >= 0.6 is 11.8 Å². The maximum Gasteiger partial charge on any atom is 0.253 e. The Labute approximate surface area is 106 Å². The summed E-state index contributed by atoms with van der Waals surface area (Å²) in [5.41, 5.74) is 6.67. The Hall–Kier alpha value is -1.00. The van der Waals surface area contributed by atoms with Gasteiger partial charge in [0.1, 0.15) is 0 Å². The Kier molecular flexibility index (Phi) is 4.07. The van der Waals surface area contributed by atoms with Crippen molar-refractivity contribution in [2.24, 2.45) is 5.73 Å². The molecule has 92 valence electrons. The van der Waals surface area contributed by atoms with Crippen molar-refractivity contribution in [2.75, 3.05) is 19.3 Å². The number of carbonyl (C=O) groups excluding carboxylic acids is 1. The molecule has 1 aliphatic heterocycles. The summed E-state index contributed by atoms with van der Waals surface area (Å²) in [6.45, 7) is 1.51. The summed E-state index contributed by atoms with van der Waals surface area (Å²) in [6.07, 6.45) is 4.05. The summed E-state index contributed by atoms with van der Waals surface area (Å²) in [6, 6.07) is 7.91. The van der Waals surface area contributed by atoms with Crippen LogP contribution in [-0.2, 0) is 0 Å². The minimum atomic E-state index is 0.107. The van der Waals surface area contributed by atoms with Gasteiger partial charge in [-0.3, -0.25) is 4.79 Å². The Morgan fingerprint density at radius 1 is 1.53 bits per heavy atom. The molecule has 4 heteroatoms. The highest BCUT2D eigenvalue weighted by atomic mass is 32.2. The van der Waals surface area contributed by atoms with Crippen molar-refractivity contribution in [3.63, 3.8) is 0 Å². The van der Waals surface area contributed by atoms with Gasteiger partial charge in [-0.15, -0.1) is 11.8 Å². The molecular weight excluding hydrogens is 232 g/mol. The predicted molar refractivity (Wildman–Crippen MR) is 71.3 cm³/mol. The van der Waals surface area contributed by atoms with Gasteiger partial charge in [-0.25, -0.2) is 0 Å². The van der Waals surface area contributed by atoms with Gasteiger partial charge in [-0.05, 0) is 37.3 Å². The summed E-state index contributed by atoms with van der Waals surface area (Å²) in [4.78, 5) is 15.3. The molecule has 2 N–H and O–H groups in total. The number of benzene rings is 1. The van der Waals surface area contributed by atoms with Gasteiger partial charge in [-0.1, -0.05) is 6.07 Å². The number of thioether (sulfide) groups is 1. The van der Waals surface area contributed by atoms with Crippen LogP contribution in [-0.4, -0.2) is 36.2 Å². The number of nitrogens with zero attached hydrogens (tertiary/aromatic N) is 1. The zero-order valence-corrected chi connectivity index (χ0v) is 10.9. The standard InChI is InChI=1S/C13H18N2OS/c1-17-12-6-2-4-10(8-12)13(16)15-7-3-5-11(14)9-15/h2,4,6,8,11H,3,5,7,9,14H2,1H3. The Bertz CT molecular complexity index is 408. The first-order chi connectivity index (χ1) is 8.20. The van der Waals surface area contributed by atoms with Gasteiger partial charge in [0.25, 0.3) is 5.91 Å². The lowest BCUT2D eigenvalue weighted by molar-refractivity contribution is 0.0708. The number of rotatable bonds is 2. The second-order valence-electron chi connectivity index (χ2n) is 4.39. The highest BCUT2D eigenvalue weighted by molar-refractivity contribution is 7.98. The minimum absolute atomic E-state index is 0.107. The van der Waals surface area contributed by atoms with Crippen molar-refractivity contribution in [1.82, 2.24) is 4.90 Å². The van der Waals surface area contributed by atoms with E-state index in [-0.39, 0.29) is 11.9 Å². The van der Waals surface area contributed by atoms with E-state index >= 15 is 0 Å². The highest BCUT2D eigenvalue weighted by Crippen LogP contribution is 2.18. The van der Waals surface area contributed by atoms with Gasteiger partial charge in [0.2, 0.25) is 0 Å². The first-order valence-corrected chi connectivity index (χ1v) is 7.12. The third kappa shape index (κ3) is 3.01. The molecule has 17 heavy (non-hydrogen) atoms. The number of amides is 1. The maximum absolute atomic E-state index is 12.3. The zero-order valence-electron chi connectivity index (χ0n) is 10.1. The van der Waals surface area contributed by atoms with Gasteiger partial charge in [0.15, 0.2) is 0 Å². The van der Waals surface area contributed by atoms with Crippen LogP contribution in [0.1, 0.15) is 23.2 Å². The monoisotopic (exact) mass is 250 g/mol. The van der Waals surface area contributed by atoms with Crippen LogP contribution in [0.25, 0.3) is 0 Å². The zero-order chi connectivity index (χ0) is 12.3. The fraction of sp³-hybridized carbons (Fsp3) is 0.462. The first kappa shape index (κ1) is 12.5. The molecule has 0 saturated carbocycles. The van der Waals surface area contributed by atoms with E-state index in [0.29, 0.717) is 6.54 Å². The summed E-state index contributed by atoms with van der Waals surface area (Å²) in [5, 5.41) is 0. The molecule has 1 heterocycles. The smallest absolute Gasteiger partial charge is 0.253 e. The van der Waals surface area contributed by atoms with E-state index in [1.165, 1.54) is 0 Å². The predicted octanol–water partition coefficient (Wildman–Crippen LogP) is 1.97. The van der Waals surface area contributed by atoms with Gasteiger partial charge in [0, 0.05) is 29.6 Å². The summed E-state index contributed by atoms with van der Waals surface area (Å²) >= 11 is 1.65. The molecule has 0 radical (unpaired) electrons. The van der Waals surface area contributed by atoms with Crippen molar-refractivity contribution in [1.29, 1.82) is 0 Å². The summed E-state index contributed by atoms with van der Waals surface area (Å²) in [5.74, 6) is 0.107. The van der Waals surface area contributed by atoms with Crippen LogP contribution in [0.15, 0.2) is 29.2 Å². The van der Waals surface area contributed by atoms with Gasteiger partial charge >= 0.3 is 0 Å². The van der Waals surface area contributed by atoms with E-state index in [0.717, 1.165) is 29.8 Å². The molecule has 0 spiro atoms. The topological polar surface area (TPSA) is 46.3 Å². The van der Waals surface area contributed by atoms with Gasteiger partial charge < -0.3 is 10.6 Å². The Balaban J connectivity index is 2.12. The molecule has 3 nitrogen and oxygen atoms in total. The molecule has 1 atom stereocenters. The van der Waals surface area contributed by atoms with E-state index in [4.69, 9.17) is 5.73 Å². The average Bonchev–Trinajstić information content (AvgIpc) is 2.38. The molecule has 0 bridgehead atoms. The van der Waals surface area contributed by atoms with Crippen molar-refractivity contribution >= 4 is 17.7 Å². The fourth-order valence-corrected chi connectivity index (χ4v) is 2.59. The van der Waals surface area contributed by atoms with Crippen molar-refractivity contribution < 1.29 is 4.79 Å². The van der Waals surface area contributed by atoms with E-state index in [1.54, 1.807) is 11.8 Å². The van der Waals surface area contributed by atoms with E-state index in [1.807, 2.05) is 35.4 Å². The maximum atomic E-state index is 12.3. The number of likely N-dealkylation sites (tertiary alicyclic amines) is 1. The lowest BCUT2D eigenvalue weighted by Crippen LogP contribution is -2.45. The second-order valence-corrected chi connectivity index (χ2v) is 5.27. The molecule has 1 unspecified atom stereocenters. The third-order valence-electron chi connectivity index (χ3n) is 3.06. The fourth-order valence-electron chi connectivity index (χ4n) is 2.13. The molecule has 1 fully saturated rings. The van der Waals surface area contributed by atoms with Crippen LogP contribution < -0.4 is 5.73 Å². The Morgan fingerprint density at radius 3 is 3.06 bits per heavy atom. The van der Waals surface area contributed by atoms with Crippen LogP contribution in [0, 0.1) is 0 Å². The third-order valence-corrected chi connectivity index (χ3v) is 3.79. The highest BCUT2D eigenvalue weighted by Gasteiger charge is 2.22. The molecular formula is C13H18N2OS. The average molecular weight is 250 g/mol. The SMILES string of the molecule is CSc1cccc(C(=O)N2CCCC(N)C2)c1. The van der Waals surface area contributed by atoms with Crippen LogP contribution in [0.3, 0.4) is 0 Å². The Morgan fingerprint density at radius 2 is 2.35 bits per heavy atom. The summed E-state index contributed by atoms with van der Waals surface area (Å²) < 4.78 is 0. The molecule has 1 aromatic rings. The van der Waals surface area contributed by atoms with Gasteiger partial charge in [-0.2, -0.15) is 0 Å². The van der Waals surface area contributed by atoms with Crippen LogP contribution in [0.2, 0.25) is 0 Å². The van der Waals surface area contributed by atoms with Crippen LogP contribution in [0.5, 0.6) is 0 Å². The normalized spacial score (nSPS) is 20.4.